The molecule has 3 heteroatoms. The highest BCUT2D eigenvalue weighted by Gasteiger charge is 2.34. The highest BCUT2D eigenvalue weighted by Crippen LogP contribution is 2.40. The summed E-state index contributed by atoms with van der Waals surface area (Å²) in [4.78, 5) is 1.13. The predicted octanol–water partition coefficient (Wildman–Crippen LogP) is 3.74. The molecule has 17 heavy (non-hydrogen) atoms. The van der Waals surface area contributed by atoms with Gasteiger partial charge >= 0.3 is 0 Å². The van der Waals surface area contributed by atoms with Crippen LogP contribution in [0.1, 0.15) is 22.4 Å². The lowest BCUT2D eigenvalue weighted by Crippen LogP contribution is -2.41. The van der Waals surface area contributed by atoms with Crippen LogP contribution in [0.15, 0.2) is 35.7 Å². The van der Waals surface area contributed by atoms with E-state index >= 15 is 0 Å². The molecule has 0 saturated carbocycles. The van der Waals surface area contributed by atoms with Crippen molar-refractivity contribution in [1.29, 1.82) is 0 Å². The number of benzene rings is 1. The summed E-state index contributed by atoms with van der Waals surface area (Å²) in [5.74, 6) is 0. The van der Waals surface area contributed by atoms with Gasteiger partial charge in [-0.3, -0.25) is 0 Å². The molecule has 0 bridgehead atoms. The van der Waals surface area contributed by atoms with Gasteiger partial charge < -0.3 is 5.73 Å². The van der Waals surface area contributed by atoms with Crippen LogP contribution in [0.3, 0.4) is 0 Å². The van der Waals surface area contributed by atoms with Crippen molar-refractivity contribution in [3.8, 4) is 0 Å². The van der Waals surface area contributed by atoms with Gasteiger partial charge in [0.25, 0.3) is 0 Å². The normalized spacial score (nSPS) is 23.4. The fraction of sp³-hybridized carbons (Fsp3) is 0.286. The van der Waals surface area contributed by atoms with Crippen molar-refractivity contribution in [2.75, 3.05) is 0 Å². The standard InChI is InChI=1S/C14H14ClNS/c15-12-6-8-17-13(12)14(16)7-5-10-3-1-2-4-11(10)9-14/h1-4,6,8H,5,7,9,16H2. The molecule has 1 unspecified atom stereocenters. The van der Waals surface area contributed by atoms with Gasteiger partial charge in [-0.25, -0.2) is 0 Å². The maximum atomic E-state index is 6.57. The Labute approximate surface area is 110 Å². The molecule has 1 aliphatic rings. The highest BCUT2D eigenvalue weighted by molar-refractivity contribution is 7.10. The van der Waals surface area contributed by atoms with Crippen LogP contribution in [0.2, 0.25) is 5.02 Å². The summed E-state index contributed by atoms with van der Waals surface area (Å²) in [5.41, 5.74) is 9.09. The van der Waals surface area contributed by atoms with E-state index in [1.807, 2.05) is 11.4 Å². The van der Waals surface area contributed by atoms with Crippen LogP contribution in [0.4, 0.5) is 0 Å². The van der Waals surface area contributed by atoms with Crippen LogP contribution in [0.25, 0.3) is 0 Å². The van der Waals surface area contributed by atoms with Crippen molar-refractivity contribution in [2.24, 2.45) is 5.73 Å². The Morgan fingerprint density at radius 1 is 1.18 bits per heavy atom. The number of aryl methyl sites for hydroxylation is 1. The smallest absolute Gasteiger partial charge is 0.0564 e. The van der Waals surface area contributed by atoms with E-state index in [1.54, 1.807) is 11.3 Å². The van der Waals surface area contributed by atoms with Gasteiger partial charge in [0.2, 0.25) is 0 Å². The second-order valence-electron chi connectivity index (χ2n) is 4.70. The molecule has 0 saturated heterocycles. The number of nitrogens with two attached hydrogens (primary N) is 1. The van der Waals surface area contributed by atoms with Crippen LogP contribution >= 0.6 is 22.9 Å². The first-order chi connectivity index (χ1) is 8.19. The van der Waals surface area contributed by atoms with E-state index in [0.29, 0.717) is 0 Å². The molecule has 2 N–H and O–H groups in total. The lowest BCUT2D eigenvalue weighted by molar-refractivity contribution is 0.393. The largest absolute Gasteiger partial charge is 0.320 e. The average Bonchev–Trinajstić information content (AvgIpc) is 2.76. The fourth-order valence-electron chi connectivity index (χ4n) is 2.60. The van der Waals surface area contributed by atoms with Crippen LogP contribution in [-0.4, -0.2) is 0 Å². The Bertz CT molecular complexity index is 549. The first-order valence-corrected chi connectivity index (χ1v) is 7.04. The van der Waals surface area contributed by atoms with Gasteiger partial charge in [-0.05, 0) is 41.8 Å². The van der Waals surface area contributed by atoms with E-state index in [1.165, 1.54) is 11.1 Å². The van der Waals surface area contributed by atoms with Crippen LogP contribution in [-0.2, 0) is 18.4 Å². The van der Waals surface area contributed by atoms with Crippen molar-refractivity contribution in [2.45, 2.75) is 24.8 Å². The van der Waals surface area contributed by atoms with Gasteiger partial charge in [0, 0.05) is 4.88 Å². The van der Waals surface area contributed by atoms with Crippen molar-refractivity contribution < 1.29 is 0 Å². The van der Waals surface area contributed by atoms with E-state index in [2.05, 4.69) is 24.3 Å². The molecule has 1 aromatic heterocycles. The molecule has 1 aromatic carbocycles. The van der Waals surface area contributed by atoms with Gasteiger partial charge in [-0.2, -0.15) is 0 Å². The number of fused-ring (bicyclic) bond motifs is 1. The highest BCUT2D eigenvalue weighted by atomic mass is 35.5. The molecular weight excluding hydrogens is 250 g/mol. The molecule has 0 spiro atoms. The Hall–Kier alpha value is -0.830. The Morgan fingerprint density at radius 3 is 2.65 bits per heavy atom. The molecule has 1 heterocycles. The van der Waals surface area contributed by atoms with Crippen molar-refractivity contribution >= 4 is 22.9 Å². The molecule has 2 aromatic rings. The summed E-state index contributed by atoms with van der Waals surface area (Å²) in [6, 6.07) is 10.5. The minimum Gasteiger partial charge on any atom is -0.320 e. The number of thiophene rings is 1. The minimum atomic E-state index is -0.278. The second kappa shape index (κ2) is 4.13. The Balaban J connectivity index is 2.01. The average molecular weight is 264 g/mol. The third-order valence-corrected chi connectivity index (χ3v) is 5.10. The van der Waals surface area contributed by atoms with Crippen molar-refractivity contribution in [1.82, 2.24) is 0 Å². The maximum Gasteiger partial charge on any atom is 0.0564 e. The summed E-state index contributed by atoms with van der Waals surface area (Å²) in [6.45, 7) is 0. The molecule has 1 nitrogen and oxygen atoms in total. The fourth-order valence-corrected chi connectivity index (χ4v) is 3.99. The molecule has 0 aliphatic heterocycles. The molecular formula is C14H14ClNS. The predicted molar refractivity (Wildman–Crippen MR) is 73.7 cm³/mol. The number of halogens is 1. The van der Waals surface area contributed by atoms with Gasteiger partial charge in [-0.1, -0.05) is 35.9 Å². The summed E-state index contributed by atoms with van der Waals surface area (Å²) in [7, 11) is 0. The number of hydrogen-bond acceptors (Lipinski definition) is 2. The van der Waals surface area contributed by atoms with E-state index in [4.69, 9.17) is 17.3 Å². The lowest BCUT2D eigenvalue weighted by atomic mass is 9.78. The Kier molecular flexibility index (Phi) is 2.74. The van der Waals surface area contributed by atoms with E-state index in [-0.39, 0.29) is 5.54 Å². The van der Waals surface area contributed by atoms with Crippen molar-refractivity contribution in [3.05, 3.63) is 56.7 Å². The zero-order valence-electron chi connectivity index (χ0n) is 9.45. The van der Waals surface area contributed by atoms with Crippen LogP contribution in [0, 0.1) is 0 Å². The first-order valence-electron chi connectivity index (χ1n) is 5.78. The number of rotatable bonds is 1. The SMILES string of the molecule is NC1(c2sccc2Cl)CCc2ccccc2C1. The molecule has 3 rings (SSSR count). The molecule has 0 radical (unpaired) electrons. The number of hydrogen-bond donors (Lipinski definition) is 1. The third kappa shape index (κ3) is 1.90. The van der Waals surface area contributed by atoms with Gasteiger partial charge in [0.1, 0.15) is 0 Å². The molecule has 1 atom stereocenters. The maximum absolute atomic E-state index is 6.57. The second-order valence-corrected chi connectivity index (χ2v) is 6.02. The zero-order valence-corrected chi connectivity index (χ0v) is 11.0. The summed E-state index contributed by atoms with van der Waals surface area (Å²) >= 11 is 7.89. The third-order valence-electron chi connectivity index (χ3n) is 3.53. The quantitative estimate of drug-likeness (QED) is 0.833. The topological polar surface area (TPSA) is 26.0 Å². The summed E-state index contributed by atoms with van der Waals surface area (Å²) < 4.78 is 0. The first kappa shape index (κ1) is 11.3. The van der Waals surface area contributed by atoms with Gasteiger partial charge in [-0.15, -0.1) is 11.3 Å². The van der Waals surface area contributed by atoms with Crippen molar-refractivity contribution in [3.63, 3.8) is 0 Å². The monoisotopic (exact) mass is 263 g/mol. The molecule has 88 valence electrons. The van der Waals surface area contributed by atoms with Gasteiger partial charge in [0.05, 0.1) is 10.6 Å². The zero-order chi connectivity index (χ0) is 11.9. The minimum absolute atomic E-state index is 0.278. The van der Waals surface area contributed by atoms with E-state index in [0.717, 1.165) is 29.2 Å². The molecule has 0 fully saturated rings. The molecule has 1 aliphatic carbocycles. The molecule has 0 amide bonds. The lowest BCUT2D eigenvalue weighted by Gasteiger charge is -2.34. The Morgan fingerprint density at radius 2 is 1.94 bits per heavy atom. The summed E-state index contributed by atoms with van der Waals surface area (Å²) in [6.07, 6.45) is 2.91. The van der Waals surface area contributed by atoms with E-state index in [9.17, 15) is 0 Å². The summed E-state index contributed by atoms with van der Waals surface area (Å²) in [5, 5.41) is 2.84. The van der Waals surface area contributed by atoms with Crippen LogP contribution < -0.4 is 5.73 Å². The van der Waals surface area contributed by atoms with E-state index < -0.39 is 0 Å². The van der Waals surface area contributed by atoms with Gasteiger partial charge in [0.15, 0.2) is 0 Å². The van der Waals surface area contributed by atoms with Crippen LogP contribution in [0.5, 0.6) is 0 Å².